The largest absolute Gasteiger partial charge is 0.367 e. The van der Waals surface area contributed by atoms with Crippen LogP contribution in [0, 0.1) is 0 Å². The van der Waals surface area contributed by atoms with Gasteiger partial charge in [-0.25, -0.2) is 0 Å². The minimum Gasteiger partial charge on any atom is -0.367 e. The second kappa shape index (κ2) is 13.0. The molecule has 4 aromatic rings. The average Bonchev–Trinajstić information content (AvgIpc) is 3.01. The molecule has 2 aliphatic heterocycles. The summed E-state index contributed by atoms with van der Waals surface area (Å²) in [5.41, 5.74) is 0. The van der Waals surface area contributed by atoms with Gasteiger partial charge in [-0.05, 0) is 13.8 Å². The second-order valence-corrected chi connectivity index (χ2v) is 13.6. The van der Waals surface area contributed by atoms with E-state index in [1.54, 1.807) is 0 Å². The molecule has 4 aromatic carbocycles. The average molecular weight is 573 g/mol. The third-order valence-corrected chi connectivity index (χ3v) is 11.1. The van der Waals surface area contributed by atoms with Crippen molar-refractivity contribution >= 4 is 37.5 Å². The van der Waals surface area contributed by atoms with Crippen molar-refractivity contribution in [1.29, 1.82) is 0 Å². The molecule has 0 aliphatic carbocycles. The Labute approximate surface area is 239 Å². The molecule has 6 rings (SSSR count). The van der Waals surface area contributed by atoms with Crippen molar-refractivity contribution in [1.82, 2.24) is 0 Å². The quantitative estimate of drug-likeness (QED) is 0.265. The molecule has 0 N–H and O–H groups in total. The van der Waals surface area contributed by atoms with E-state index in [0.29, 0.717) is 6.61 Å². The Bertz CT molecular complexity index is 1250. The van der Waals surface area contributed by atoms with Gasteiger partial charge in [0, 0.05) is 21.2 Å². The van der Waals surface area contributed by atoms with E-state index in [9.17, 15) is 0 Å². The van der Waals surface area contributed by atoms with Gasteiger partial charge in [-0.3, -0.25) is 0 Å². The molecule has 0 radical (unpaired) electrons. The monoisotopic (exact) mass is 572 g/mol. The van der Waals surface area contributed by atoms with E-state index in [1.165, 1.54) is 0 Å². The zero-order chi connectivity index (χ0) is 27.3. The van der Waals surface area contributed by atoms with Crippen LogP contribution in [0.5, 0.6) is 0 Å². The van der Waals surface area contributed by atoms with Crippen LogP contribution in [-0.4, -0.2) is 43.4 Å². The van der Waals surface area contributed by atoms with E-state index in [2.05, 4.69) is 104 Å². The van der Waals surface area contributed by atoms with Gasteiger partial charge in [0.2, 0.25) is 0 Å². The molecule has 6 unspecified atom stereocenters. The molecule has 5 nitrogen and oxygen atoms in total. The summed E-state index contributed by atoms with van der Waals surface area (Å²) < 4.78 is 33.1. The standard InChI is InChI=1S/C33H34O5P2/c1-24-31(37-39(26-15-7-3-8-16-26)27-17-9-4-10-18-27)33(32-30(35-24)23-34-25(2)36-32)38-40(28-19-11-5-12-20-28)29-21-13-6-14-22-29/h3-22,24-25,30-33H,23H2,1-2H3. The number of hydrogen-bond donors (Lipinski definition) is 0. The summed E-state index contributed by atoms with van der Waals surface area (Å²) in [6.45, 7) is 4.47. The van der Waals surface area contributed by atoms with Crippen LogP contribution in [-0.2, 0) is 23.3 Å². The maximum Gasteiger partial charge on any atom is 0.155 e. The van der Waals surface area contributed by atoms with Crippen LogP contribution in [0.2, 0.25) is 0 Å². The predicted molar refractivity (Wildman–Crippen MR) is 163 cm³/mol. The van der Waals surface area contributed by atoms with E-state index in [0.717, 1.165) is 21.2 Å². The van der Waals surface area contributed by atoms with Crippen LogP contribution >= 0.6 is 16.3 Å². The summed E-state index contributed by atoms with van der Waals surface area (Å²) >= 11 is 0. The van der Waals surface area contributed by atoms with Crippen LogP contribution in [0.3, 0.4) is 0 Å². The van der Waals surface area contributed by atoms with E-state index in [-0.39, 0.29) is 36.8 Å². The van der Waals surface area contributed by atoms with Crippen molar-refractivity contribution in [3.05, 3.63) is 121 Å². The Balaban J connectivity index is 1.40. The fraction of sp³-hybridized carbons (Fsp3) is 0.273. The summed E-state index contributed by atoms with van der Waals surface area (Å²) in [6, 6.07) is 41.8. The van der Waals surface area contributed by atoms with Crippen molar-refractivity contribution in [3.63, 3.8) is 0 Å². The van der Waals surface area contributed by atoms with Gasteiger partial charge in [0.15, 0.2) is 6.29 Å². The van der Waals surface area contributed by atoms with Gasteiger partial charge in [-0.1, -0.05) is 121 Å². The molecule has 0 amide bonds. The molecule has 6 atom stereocenters. The van der Waals surface area contributed by atoms with Gasteiger partial charge in [-0.2, -0.15) is 0 Å². The lowest BCUT2D eigenvalue weighted by atomic mass is 9.95. The summed E-state index contributed by atoms with van der Waals surface area (Å²) in [5, 5.41) is 4.58. The van der Waals surface area contributed by atoms with Gasteiger partial charge in [-0.15, -0.1) is 0 Å². The summed E-state index contributed by atoms with van der Waals surface area (Å²) in [6.07, 6.45) is -1.88. The van der Waals surface area contributed by atoms with Gasteiger partial charge in [0.25, 0.3) is 0 Å². The van der Waals surface area contributed by atoms with Crippen molar-refractivity contribution in [2.24, 2.45) is 0 Å². The normalized spacial score (nSPS) is 26.5. The van der Waals surface area contributed by atoms with Gasteiger partial charge >= 0.3 is 0 Å². The highest BCUT2D eigenvalue weighted by Gasteiger charge is 2.51. The van der Waals surface area contributed by atoms with Gasteiger partial charge < -0.3 is 23.3 Å². The van der Waals surface area contributed by atoms with Crippen LogP contribution < -0.4 is 21.2 Å². The maximum atomic E-state index is 7.23. The second-order valence-electron chi connectivity index (χ2n) is 9.95. The number of ether oxygens (including phenoxy) is 3. The highest BCUT2D eigenvalue weighted by molar-refractivity contribution is 7.69. The molecule has 0 spiro atoms. The lowest BCUT2D eigenvalue weighted by Crippen LogP contribution is -2.63. The van der Waals surface area contributed by atoms with Crippen LogP contribution in [0.1, 0.15) is 13.8 Å². The molecular formula is C33H34O5P2. The lowest BCUT2D eigenvalue weighted by Gasteiger charge is -2.49. The Morgan fingerprint density at radius 3 is 1.38 bits per heavy atom. The number of fused-ring (bicyclic) bond motifs is 1. The third kappa shape index (κ3) is 6.22. The number of benzene rings is 4. The first-order chi connectivity index (χ1) is 19.7. The Morgan fingerprint density at radius 1 is 0.550 bits per heavy atom. The number of hydrogen-bond acceptors (Lipinski definition) is 5. The Kier molecular flexibility index (Phi) is 9.01. The summed E-state index contributed by atoms with van der Waals surface area (Å²) in [4.78, 5) is 0. The molecule has 2 heterocycles. The summed E-state index contributed by atoms with van der Waals surface area (Å²) in [5.74, 6) is 0. The molecule has 7 heteroatoms. The molecule has 40 heavy (non-hydrogen) atoms. The van der Waals surface area contributed by atoms with E-state index < -0.39 is 16.3 Å². The molecule has 0 saturated carbocycles. The predicted octanol–water partition coefficient (Wildman–Crippen LogP) is 5.40. The molecule has 2 aliphatic rings. The van der Waals surface area contributed by atoms with Crippen molar-refractivity contribution in [2.75, 3.05) is 6.61 Å². The van der Waals surface area contributed by atoms with Gasteiger partial charge in [0.05, 0.1) is 29.0 Å². The van der Waals surface area contributed by atoms with Gasteiger partial charge in [0.1, 0.15) is 24.4 Å². The molecule has 2 saturated heterocycles. The first-order valence-corrected chi connectivity index (χ1v) is 16.3. The zero-order valence-electron chi connectivity index (χ0n) is 22.7. The fourth-order valence-electron chi connectivity index (χ4n) is 5.19. The molecule has 0 aromatic heterocycles. The third-order valence-electron chi connectivity index (χ3n) is 7.13. The first-order valence-electron chi connectivity index (χ1n) is 13.7. The van der Waals surface area contributed by atoms with Crippen molar-refractivity contribution in [2.45, 2.75) is 50.7 Å². The van der Waals surface area contributed by atoms with E-state index >= 15 is 0 Å². The van der Waals surface area contributed by atoms with Crippen LogP contribution in [0.4, 0.5) is 0 Å². The van der Waals surface area contributed by atoms with Crippen LogP contribution in [0.25, 0.3) is 0 Å². The number of rotatable bonds is 8. The Morgan fingerprint density at radius 2 is 0.950 bits per heavy atom. The first kappa shape index (κ1) is 27.7. The summed E-state index contributed by atoms with van der Waals surface area (Å²) in [7, 11) is -2.28. The fourth-order valence-corrected chi connectivity index (χ4v) is 9.06. The zero-order valence-corrected chi connectivity index (χ0v) is 24.4. The minimum absolute atomic E-state index is 0.229. The molecular weight excluding hydrogens is 538 g/mol. The highest BCUT2D eigenvalue weighted by atomic mass is 31.1. The molecule has 206 valence electrons. The van der Waals surface area contributed by atoms with Crippen molar-refractivity contribution in [3.8, 4) is 0 Å². The lowest BCUT2D eigenvalue weighted by molar-refractivity contribution is -0.311. The maximum absolute atomic E-state index is 7.23. The van der Waals surface area contributed by atoms with E-state index in [1.807, 2.05) is 31.2 Å². The van der Waals surface area contributed by atoms with Crippen LogP contribution in [0.15, 0.2) is 121 Å². The smallest absolute Gasteiger partial charge is 0.155 e. The molecule has 0 bridgehead atoms. The van der Waals surface area contributed by atoms with Crippen molar-refractivity contribution < 1.29 is 23.3 Å². The van der Waals surface area contributed by atoms with E-state index in [4.69, 9.17) is 23.3 Å². The SMILES string of the molecule is CC1OCC2OC(C)C(OP(c3ccccc3)c3ccccc3)C(OP(c3ccccc3)c3ccccc3)C2O1. The molecule has 2 fully saturated rings. The highest BCUT2D eigenvalue weighted by Crippen LogP contribution is 2.46. The minimum atomic E-state index is -1.15. The Hall–Kier alpha value is -2.46. The topological polar surface area (TPSA) is 46.2 Å².